The van der Waals surface area contributed by atoms with Crippen LogP contribution >= 0.6 is 27.5 Å². The van der Waals surface area contributed by atoms with E-state index in [9.17, 15) is 9.90 Å². The maximum atomic E-state index is 11.7. The fraction of sp³-hybridized carbons (Fsp3) is 0.154. The smallest absolute Gasteiger partial charge is 0.254 e. The number of aliphatic hydroxyl groups excluding tert-OH is 1. The summed E-state index contributed by atoms with van der Waals surface area (Å²) in [7, 11) is 0. The number of halogens is 2. The number of carbonyl (C=O) groups is 1. The zero-order chi connectivity index (χ0) is 13.8. The third kappa shape index (κ3) is 3.59. The second-order valence-corrected chi connectivity index (χ2v) is 5.08. The number of hydrogen-bond donors (Lipinski definition) is 2. The van der Waals surface area contributed by atoms with E-state index in [-0.39, 0.29) is 12.5 Å². The van der Waals surface area contributed by atoms with E-state index < -0.39 is 6.10 Å². The number of benzene rings is 1. The van der Waals surface area contributed by atoms with Gasteiger partial charge in [-0.1, -0.05) is 29.8 Å². The molecule has 0 saturated carbocycles. The zero-order valence-corrected chi connectivity index (χ0v) is 12.1. The highest BCUT2D eigenvalue weighted by atomic mass is 79.9. The van der Waals surface area contributed by atoms with Crippen LogP contribution in [-0.2, 0) is 0 Å². The van der Waals surface area contributed by atoms with Crippen molar-refractivity contribution in [1.82, 2.24) is 5.32 Å². The van der Waals surface area contributed by atoms with Gasteiger partial charge in [-0.2, -0.15) is 0 Å². The molecule has 1 atom stereocenters. The molecule has 2 N–H and O–H groups in total. The van der Waals surface area contributed by atoms with Crippen LogP contribution in [0.15, 0.2) is 45.7 Å². The molecule has 19 heavy (non-hydrogen) atoms. The topological polar surface area (TPSA) is 62.5 Å². The van der Waals surface area contributed by atoms with E-state index in [1.807, 2.05) is 0 Å². The Labute approximate surface area is 123 Å². The molecule has 1 amide bonds. The first-order valence-corrected chi connectivity index (χ1v) is 6.69. The minimum atomic E-state index is -0.854. The highest BCUT2D eigenvalue weighted by Gasteiger charge is 2.14. The van der Waals surface area contributed by atoms with Crippen LogP contribution < -0.4 is 5.32 Å². The molecule has 2 rings (SSSR count). The molecule has 1 aromatic heterocycles. The zero-order valence-electron chi connectivity index (χ0n) is 9.77. The van der Waals surface area contributed by atoms with Gasteiger partial charge in [0.15, 0.2) is 4.67 Å². The standard InChI is InChI=1S/C13H11BrClNO3/c14-12-5-8(7-19-12)13(18)16-6-11(17)9-3-1-2-4-10(9)15/h1-5,7,11,17H,6H2,(H,16,18). The molecule has 100 valence electrons. The van der Waals surface area contributed by atoms with Crippen LogP contribution in [0.3, 0.4) is 0 Å². The normalized spacial score (nSPS) is 12.2. The van der Waals surface area contributed by atoms with Gasteiger partial charge in [0.05, 0.1) is 11.7 Å². The Hall–Kier alpha value is -1.30. The monoisotopic (exact) mass is 343 g/mol. The molecule has 0 saturated heterocycles. The summed E-state index contributed by atoms with van der Waals surface area (Å²) in [5, 5.41) is 13.0. The van der Waals surface area contributed by atoms with Gasteiger partial charge in [-0.25, -0.2) is 0 Å². The third-order valence-electron chi connectivity index (χ3n) is 2.55. The minimum absolute atomic E-state index is 0.0748. The Morgan fingerprint density at radius 3 is 2.84 bits per heavy atom. The van der Waals surface area contributed by atoms with Crippen LogP contribution in [0.4, 0.5) is 0 Å². The Morgan fingerprint density at radius 2 is 2.21 bits per heavy atom. The lowest BCUT2D eigenvalue weighted by atomic mass is 10.1. The summed E-state index contributed by atoms with van der Waals surface area (Å²) < 4.78 is 5.44. The lowest BCUT2D eigenvalue weighted by molar-refractivity contribution is 0.0915. The number of aliphatic hydroxyl groups is 1. The van der Waals surface area contributed by atoms with E-state index in [1.54, 1.807) is 30.3 Å². The molecule has 0 radical (unpaired) electrons. The van der Waals surface area contributed by atoms with E-state index in [1.165, 1.54) is 6.26 Å². The van der Waals surface area contributed by atoms with Gasteiger partial charge >= 0.3 is 0 Å². The van der Waals surface area contributed by atoms with Crippen molar-refractivity contribution in [1.29, 1.82) is 0 Å². The van der Waals surface area contributed by atoms with Crippen molar-refractivity contribution < 1.29 is 14.3 Å². The molecular formula is C13H11BrClNO3. The van der Waals surface area contributed by atoms with Gasteiger partial charge in [-0.15, -0.1) is 0 Å². The molecule has 0 bridgehead atoms. The molecule has 1 heterocycles. The van der Waals surface area contributed by atoms with Gasteiger partial charge in [-0.3, -0.25) is 4.79 Å². The fourth-order valence-electron chi connectivity index (χ4n) is 1.58. The van der Waals surface area contributed by atoms with Crippen molar-refractivity contribution in [3.63, 3.8) is 0 Å². The molecule has 0 aliphatic carbocycles. The molecule has 4 nitrogen and oxygen atoms in total. The second kappa shape index (κ2) is 6.23. The largest absolute Gasteiger partial charge is 0.457 e. The van der Waals surface area contributed by atoms with E-state index >= 15 is 0 Å². The van der Waals surface area contributed by atoms with Crippen molar-refractivity contribution in [2.24, 2.45) is 0 Å². The lowest BCUT2D eigenvalue weighted by Crippen LogP contribution is -2.28. The Bertz CT molecular complexity index is 585. The molecule has 0 aliphatic rings. The average Bonchev–Trinajstić information content (AvgIpc) is 2.83. The number of rotatable bonds is 4. The summed E-state index contributed by atoms with van der Waals surface area (Å²) in [6.45, 7) is 0.0748. The number of amides is 1. The van der Waals surface area contributed by atoms with E-state index in [4.69, 9.17) is 16.0 Å². The number of hydrogen-bond acceptors (Lipinski definition) is 3. The predicted molar refractivity (Wildman–Crippen MR) is 75.2 cm³/mol. The minimum Gasteiger partial charge on any atom is -0.457 e. The lowest BCUT2D eigenvalue weighted by Gasteiger charge is -2.13. The van der Waals surface area contributed by atoms with Crippen LogP contribution in [0.2, 0.25) is 5.02 Å². The number of furan rings is 1. The molecule has 2 aromatic rings. The number of carbonyl (C=O) groups excluding carboxylic acids is 1. The highest BCUT2D eigenvalue weighted by Crippen LogP contribution is 2.22. The molecular weight excluding hydrogens is 334 g/mol. The van der Waals surface area contributed by atoms with Gasteiger partial charge in [0, 0.05) is 23.2 Å². The molecule has 6 heteroatoms. The molecule has 0 aliphatic heterocycles. The van der Waals surface area contributed by atoms with Crippen LogP contribution in [-0.4, -0.2) is 17.6 Å². The van der Waals surface area contributed by atoms with Crippen LogP contribution in [0.1, 0.15) is 22.0 Å². The second-order valence-electron chi connectivity index (χ2n) is 3.89. The Morgan fingerprint density at radius 1 is 1.47 bits per heavy atom. The van der Waals surface area contributed by atoms with Gasteiger partial charge in [-0.05, 0) is 22.0 Å². The van der Waals surface area contributed by atoms with Crippen molar-refractivity contribution in [2.45, 2.75) is 6.10 Å². The summed E-state index contributed by atoms with van der Waals surface area (Å²) in [6, 6.07) is 8.51. The summed E-state index contributed by atoms with van der Waals surface area (Å²) in [6.07, 6.45) is 0.481. The first kappa shape index (κ1) is 14.1. The summed E-state index contributed by atoms with van der Waals surface area (Å²) >= 11 is 9.07. The van der Waals surface area contributed by atoms with E-state index in [0.717, 1.165) is 0 Å². The quantitative estimate of drug-likeness (QED) is 0.895. The van der Waals surface area contributed by atoms with Gasteiger partial charge in [0.1, 0.15) is 6.26 Å². The van der Waals surface area contributed by atoms with Gasteiger partial charge in [0.25, 0.3) is 5.91 Å². The number of nitrogens with one attached hydrogen (secondary N) is 1. The maximum absolute atomic E-state index is 11.7. The van der Waals surface area contributed by atoms with Crippen molar-refractivity contribution >= 4 is 33.4 Å². The predicted octanol–water partition coefficient (Wildman–Crippen LogP) is 3.16. The molecule has 1 aromatic carbocycles. The van der Waals surface area contributed by atoms with Crippen LogP contribution in [0, 0.1) is 0 Å². The molecule has 1 unspecified atom stereocenters. The SMILES string of the molecule is O=C(NCC(O)c1ccccc1Cl)c1coc(Br)c1. The Kier molecular flexibility index (Phi) is 4.63. The summed E-state index contributed by atoms with van der Waals surface area (Å²) in [5.74, 6) is -0.319. The fourth-order valence-corrected chi connectivity index (χ4v) is 2.18. The van der Waals surface area contributed by atoms with E-state index in [2.05, 4.69) is 21.2 Å². The van der Waals surface area contributed by atoms with Crippen molar-refractivity contribution in [3.05, 3.63) is 57.4 Å². The molecule has 0 spiro atoms. The highest BCUT2D eigenvalue weighted by molar-refractivity contribution is 9.10. The maximum Gasteiger partial charge on any atom is 0.254 e. The average molecular weight is 345 g/mol. The van der Waals surface area contributed by atoms with E-state index in [0.29, 0.717) is 20.8 Å². The van der Waals surface area contributed by atoms with Crippen molar-refractivity contribution in [2.75, 3.05) is 6.54 Å². The summed E-state index contributed by atoms with van der Waals surface area (Å²) in [4.78, 5) is 11.7. The Balaban J connectivity index is 1.96. The van der Waals surface area contributed by atoms with Crippen LogP contribution in [0.5, 0.6) is 0 Å². The molecule has 0 fully saturated rings. The summed E-state index contributed by atoms with van der Waals surface area (Å²) in [5.41, 5.74) is 0.969. The first-order chi connectivity index (χ1) is 9.08. The third-order valence-corrected chi connectivity index (χ3v) is 3.31. The van der Waals surface area contributed by atoms with Gasteiger partial charge < -0.3 is 14.8 Å². The first-order valence-electron chi connectivity index (χ1n) is 5.52. The van der Waals surface area contributed by atoms with Crippen LogP contribution in [0.25, 0.3) is 0 Å². The van der Waals surface area contributed by atoms with Crippen molar-refractivity contribution in [3.8, 4) is 0 Å². The van der Waals surface area contributed by atoms with Gasteiger partial charge in [0.2, 0.25) is 0 Å².